The second kappa shape index (κ2) is 2.15. The van der Waals surface area contributed by atoms with Gasteiger partial charge in [0.15, 0.2) is 0 Å². The summed E-state index contributed by atoms with van der Waals surface area (Å²) in [7, 11) is 0. The molecule has 0 spiro atoms. The fraction of sp³-hybridized carbons (Fsp3) is 0.800. The Hall–Kier alpha value is -0.280. The maximum Gasteiger partial charge on any atom is 0.325 e. The number of carbonyl (C=O) groups is 1. The van der Waals surface area contributed by atoms with Crippen molar-refractivity contribution in [1.82, 2.24) is 4.84 Å². The number of halogens is 1. The van der Waals surface area contributed by atoms with E-state index < -0.39 is 11.5 Å². The van der Waals surface area contributed by atoms with Crippen LogP contribution < -0.4 is 4.84 Å². The van der Waals surface area contributed by atoms with Crippen molar-refractivity contribution in [1.29, 1.82) is 0 Å². The smallest absolute Gasteiger partial charge is 0.325 e. The number of hydrogen-bond donors (Lipinski definition) is 2. The first-order valence-corrected chi connectivity index (χ1v) is 3.20. The quantitative estimate of drug-likeness (QED) is 0.570. The van der Waals surface area contributed by atoms with Gasteiger partial charge in [-0.15, -0.1) is 0 Å². The highest BCUT2D eigenvalue weighted by molar-refractivity contribution is 6.15. The highest BCUT2D eigenvalue weighted by Gasteiger charge is 2.43. The lowest BCUT2D eigenvalue weighted by Gasteiger charge is -2.35. The van der Waals surface area contributed by atoms with Crippen molar-refractivity contribution in [2.75, 3.05) is 0 Å². The molecule has 0 aliphatic heterocycles. The third-order valence-corrected chi connectivity index (χ3v) is 2.16. The van der Waals surface area contributed by atoms with E-state index in [0.29, 0.717) is 12.8 Å². The van der Waals surface area contributed by atoms with Crippen molar-refractivity contribution in [3.8, 4) is 0 Å². The van der Waals surface area contributed by atoms with Crippen LogP contribution in [0.1, 0.15) is 19.3 Å². The summed E-state index contributed by atoms with van der Waals surface area (Å²) in [6, 6.07) is 0. The number of nitrogens with one attached hydrogen (secondary N) is 1. The second-order valence-electron chi connectivity index (χ2n) is 2.34. The molecule has 0 amide bonds. The van der Waals surface area contributed by atoms with Crippen LogP contribution >= 0.6 is 11.8 Å². The average molecular weight is 150 g/mol. The molecule has 0 saturated heterocycles. The van der Waals surface area contributed by atoms with Gasteiger partial charge in [-0.2, -0.15) is 0 Å². The van der Waals surface area contributed by atoms with Crippen LogP contribution in [0.5, 0.6) is 0 Å². The number of carboxylic acid groups (broad SMARTS) is 1. The van der Waals surface area contributed by atoms with Gasteiger partial charge >= 0.3 is 5.97 Å². The van der Waals surface area contributed by atoms with Crippen LogP contribution in [0.2, 0.25) is 0 Å². The molecule has 9 heavy (non-hydrogen) atoms. The largest absolute Gasteiger partial charge is 0.480 e. The van der Waals surface area contributed by atoms with E-state index in [1.807, 2.05) is 0 Å². The summed E-state index contributed by atoms with van der Waals surface area (Å²) in [5.74, 6) is -0.844. The Morgan fingerprint density at radius 1 is 1.67 bits per heavy atom. The molecule has 3 nitrogen and oxygen atoms in total. The number of hydrogen-bond acceptors (Lipinski definition) is 2. The van der Waals surface area contributed by atoms with E-state index in [0.717, 1.165) is 6.42 Å². The van der Waals surface area contributed by atoms with Gasteiger partial charge in [-0.25, -0.2) is 4.84 Å². The molecule has 0 atom stereocenters. The first kappa shape index (κ1) is 6.83. The molecular weight excluding hydrogens is 142 g/mol. The first-order valence-electron chi connectivity index (χ1n) is 2.82. The van der Waals surface area contributed by atoms with Gasteiger partial charge in [0.2, 0.25) is 0 Å². The highest BCUT2D eigenvalue weighted by Crippen LogP contribution is 2.32. The molecule has 0 aromatic heterocycles. The zero-order valence-electron chi connectivity index (χ0n) is 4.85. The van der Waals surface area contributed by atoms with E-state index in [9.17, 15) is 4.79 Å². The van der Waals surface area contributed by atoms with Crippen LogP contribution in [0.3, 0.4) is 0 Å². The average Bonchev–Trinajstić information content (AvgIpc) is 1.62. The summed E-state index contributed by atoms with van der Waals surface area (Å²) >= 11 is 5.22. The molecule has 0 bridgehead atoms. The zero-order valence-corrected chi connectivity index (χ0v) is 5.61. The standard InChI is InChI=1S/C5H8ClNO2/c6-7-5(4(8)9)2-1-3-5/h7H,1-3H2,(H,8,9). The van der Waals surface area contributed by atoms with Gasteiger partial charge in [0.25, 0.3) is 0 Å². The maximum absolute atomic E-state index is 10.4. The molecule has 1 rings (SSSR count). The summed E-state index contributed by atoms with van der Waals surface area (Å²) in [5.41, 5.74) is -0.804. The Bertz CT molecular complexity index is 127. The van der Waals surface area contributed by atoms with Gasteiger partial charge in [0.05, 0.1) is 0 Å². The van der Waals surface area contributed by atoms with Gasteiger partial charge in [-0.3, -0.25) is 4.79 Å². The van der Waals surface area contributed by atoms with Crippen molar-refractivity contribution < 1.29 is 9.90 Å². The number of carboxylic acids is 1. The van der Waals surface area contributed by atoms with Crippen molar-refractivity contribution in [2.45, 2.75) is 24.8 Å². The first-order chi connectivity index (χ1) is 4.21. The Kier molecular flexibility index (Phi) is 1.64. The Morgan fingerprint density at radius 3 is 2.22 bits per heavy atom. The van der Waals surface area contributed by atoms with Crippen molar-refractivity contribution in [3.63, 3.8) is 0 Å². The topological polar surface area (TPSA) is 49.3 Å². The molecule has 0 unspecified atom stereocenters. The van der Waals surface area contributed by atoms with E-state index >= 15 is 0 Å². The van der Waals surface area contributed by atoms with E-state index in [1.165, 1.54) is 0 Å². The summed E-state index contributed by atoms with van der Waals surface area (Å²) in [6.07, 6.45) is 2.24. The summed E-state index contributed by atoms with van der Waals surface area (Å²) in [4.78, 5) is 12.7. The minimum Gasteiger partial charge on any atom is -0.480 e. The lowest BCUT2D eigenvalue weighted by atomic mass is 9.78. The lowest BCUT2D eigenvalue weighted by Crippen LogP contribution is -2.53. The second-order valence-corrected chi connectivity index (χ2v) is 2.52. The van der Waals surface area contributed by atoms with Gasteiger partial charge in [-0.1, -0.05) is 0 Å². The van der Waals surface area contributed by atoms with E-state index in [1.54, 1.807) is 0 Å². The molecular formula is C5H8ClNO2. The van der Waals surface area contributed by atoms with Crippen LogP contribution in [-0.4, -0.2) is 16.6 Å². The monoisotopic (exact) mass is 149 g/mol. The molecule has 1 saturated carbocycles. The summed E-state index contributed by atoms with van der Waals surface area (Å²) in [5, 5.41) is 8.54. The fourth-order valence-corrected chi connectivity index (χ4v) is 1.15. The number of rotatable bonds is 2. The van der Waals surface area contributed by atoms with Gasteiger partial charge in [0, 0.05) is 0 Å². The van der Waals surface area contributed by atoms with Crippen molar-refractivity contribution >= 4 is 17.7 Å². The fourth-order valence-electron chi connectivity index (χ4n) is 0.879. The van der Waals surface area contributed by atoms with Gasteiger partial charge in [-0.05, 0) is 31.0 Å². The normalized spacial score (nSPS) is 22.8. The van der Waals surface area contributed by atoms with Crippen LogP contribution in [0.15, 0.2) is 0 Å². The summed E-state index contributed by atoms with van der Waals surface area (Å²) in [6.45, 7) is 0. The predicted octanol–water partition coefficient (Wildman–Crippen LogP) is 0.737. The minimum atomic E-state index is -0.844. The Balaban J connectivity index is 2.57. The Morgan fingerprint density at radius 2 is 2.22 bits per heavy atom. The Labute approximate surface area is 58.1 Å². The number of aliphatic carboxylic acids is 1. The lowest BCUT2D eigenvalue weighted by molar-refractivity contribution is -0.147. The molecule has 1 aliphatic carbocycles. The zero-order chi connectivity index (χ0) is 6.91. The molecule has 4 heteroatoms. The third kappa shape index (κ3) is 0.904. The predicted molar refractivity (Wildman–Crippen MR) is 33.2 cm³/mol. The van der Waals surface area contributed by atoms with Crippen LogP contribution in [0.4, 0.5) is 0 Å². The van der Waals surface area contributed by atoms with Gasteiger partial charge in [0.1, 0.15) is 5.54 Å². The van der Waals surface area contributed by atoms with E-state index in [4.69, 9.17) is 16.9 Å². The molecule has 1 aliphatic rings. The van der Waals surface area contributed by atoms with Gasteiger partial charge < -0.3 is 5.11 Å². The SMILES string of the molecule is O=C(O)C1(NCl)CCC1. The molecule has 52 valence electrons. The molecule has 0 aromatic carbocycles. The van der Waals surface area contributed by atoms with Crippen molar-refractivity contribution in [3.05, 3.63) is 0 Å². The van der Waals surface area contributed by atoms with E-state index in [-0.39, 0.29) is 0 Å². The molecule has 1 fully saturated rings. The maximum atomic E-state index is 10.4. The molecule has 0 heterocycles. The highest BCUT2D eigenvalue weighted by atomic mass is 35.5. The van der Waals surface area contributed by atoms with E-state index in [2.05, 4.69) is 4.84 Å². The summed E-state index contributed by atoms with van der Waals surface area (Å²) < 4.78 is 0. The molecule has 2 N–H and O–H groups in total. The van der Waals surface area contributed by atoms with Crippen LogP contribution in [0.25, 0.3) is 0 Å². The van der Waals surface area contributed by atoms with Crippen molar-refractivity contribution in [2.24, 2.45) is 0 Å². The third-order valence-electron chi connectivity index (χ3n) is 1.80. The minimum absolute atomic E-state index is 0.645. The van der Waals surface area contributed by atoms with Crippen LogP contribution in [-0.2, 0) is 4.79 Å². The van der Waals surface area contributed by atoms with Crippen LogP contribution in [0, 0.1) is 0 Å². The molecule has 0 radical (unpaired) electrons. The molecule has 0 aromatic rings.